The summed E-state index contributed by atoms with van der Waals surface area (Å²) in [7, 11) is 0. The van der Waals surface area contributed by atoms with Crippen molar-refractivity contribution in [3.63, 3.8) is 0 Å². The minimum atomic E-state index is -4.42. The van der Waals surface area contributed by atoms with E-state index >= 15 is 0 Å². The molecule has 0 bridgehead atoms. The van der Waals surface area contributed by atoms with E-state index in [2.05, 4.69) is 10.2 Å². The van der Waals surface area contributed by atoms with Gasteiger partial charge in [-0.1, -0.05) is 24.3 Å². The van der Waals surface area contributed by atoms with E-state index in [1.54, 1.807) is 28.7 Å². The van der Waals surface area contributed by atoms with Crippen LogP contribution in [0.3, 0.4) is 0 Å². The third-order valence-electron chi connectivity index (χ3n) is 4.96. The standard InChI is InChI=1S/C22H21F3N4O2/c1-14(2)31-13-5-12-28-20(30)17-6-3-4-7-18(17)29-19(26-27-21(28)29)15-8-10-16(11-9-15)22(23,24)25/h3-4,6-11,14H,5,12-13H2,1-2H3. The van der Waals surface area contributed by atoms with Gasteiger partial charge in [-0.2, -0.15) is 13.2 Å². The van der Waals surface area contributed by atoms with E-state index in [0.29, 0.717) is 47.6 Å². The number of para-hydroxylation sites is 1. The van der Waals surface area contributed by atoms with Crippen LogP contribution in [0.25, 0.3) is 28.1 Å². The normalized spacial score (nSPS) is 12.3. The van der Waals surface area contributed by atoms with Crippen LogP contribution in [-0.2, 0) is 17.5 Å². The number of rotatable bonds is 6. The van der Waals surface area contributed by atoms with Gasteiger partial charge >= 0.3 is 6.18 Å². The van der Waals surface area contributed by atoms with Crippen molar-refractivity contribution in [3.05, 3.63) is 64.4 Å². The molecule has 0 aliphatic heterocycles. The zero-order chi connectivity index (χ0) is 22.2. The van der Waals surface area contributed by atoms with Gasteiger partial charge in [-0.05, 0) is 44.5 Å². The van der Waals surface area contributed by atoms with E-state index in [1.165, 1.54) is 16.7 Å². The van der Waals surface area contributed by atoms with Gasteiger partial charge in [0.1, 0.15) is 0 Å². The molecule has 0 saturated heterocycles. The topological polar surface area (TPSA) is 61.4 Å². The number of ether oxygens (including phenoxy) is 1. The van der Waals surface area contributed by atoms with Crippen LogP contribution in [0.4, 0.5) is 13.2 Å². The highest BCUT2D eigenvalue weighted by atomic mass is 19.4. The lowest BCUT2D eigenvalue weighted by molar-refractivity contribution is -0.137. The van der Waals surface area contributed by atoms with Crippen LogP contribution in [0.2, 0.25) is 0 Å². The maximum absolute atomic E-state index is 13.1. The van der Waals surface area contributed by atoms with Crippen LogP contribution < -0.4 is 5.56 Å². The Morgan fingerprint density at radius 3 is 2.42 bits per heavy atom. The Labute approximate surface area is 175 Å². The first-order chi connectivity index (χ1) is 14.8. The predicted octanol–water partition coefficient (Wildman–Crippen LogP) is 4.55. The fourth-order valence-corrected chi connectivity index (χ4v) is 3.50. The molecule has 0 unspecified atom stereocenters. The second kappa shape index (κ2) is 8.14. The molecule has 0 aliphatic rings. The van der Waals surface area contributed by atoms with Crippen molar-refractivity contribution in [2.45, 2.75) is 39.1 Å². The van der Waals surface area contributed by atoms with E-state index in [0.717, 1.165) is 12.1 Å². The van der Waals surface area contributed by atoms with E-state index in [4.69, 9.17) is 4.74 Å². The van der Waals surface area contributed by atoms with Crippen LogP contribution in [0, 0.1) is 0 Å². The minimum Gasteiger partial charge on any atom is -0.379 e. The second-order valence-electron chi connectivity index (χ2n) is 7.48. The number of aromatic nitrogens is 4. The summed E-state index contributed by atoms with van der Waals surface area (Å²) in [6, 6.07) is 11.8. The van der Waals surface area contributed by atoms with Crippen LogP contribution >= 0.6 is 0 Å². The summed E-state index contributed by atoms with van der Waals surface area (Å²) in [5, 5.41) is 8.89. The summed E-state index contributed by atoms with van der Waals surface area (Å²) in [5.41, 5.74) is 0.132. The molecule has 0 atom stereocenters. The molecule has 2 heterocycles. The fraction of sp³-hybridized carbons (Fsp3) is 0.318. The molecule has 0 saturated carbocycles. The van der Waals surface area contributed by atoms with Crippen LogP contribution in [0.1, 0.15) is 25.8 Å². The first kappa shape index (κ1) is 21.0. The summed E-state index contributed by atoms with van der Waals surface area (Å²) in [5.74, 6) is 0.704. The SMILES string of the molecule is CC(C)OCCCn1c(=O)c2ccccc2n2c(-c3ccc(C(F)(F)F)cc3)nnc12. The lowest BCUT2D eigenvalue weighted by Gasteiger charge is -2.12. The van der Waals surface area contributed by atoms with Crippen molar-refractivity contribution in [1.29, 1.82) is 0 Å². The third kappa shape index (κ3) is 4.05. The monoisotopic (exact) mass is 430 g/mol. The van der Waals surface area contributed by atoms with E-state index < -0.39 is 11.7 Å². The number of hydrogen-bond acceptors (Lipinski definition) is 4. The highest BCUT2D eigenvalue weighted by molar-refractivity contribution is 5.82. The van der Waals surface area contributed by atoms with Gasteiger partial charge in [0.2, 0.25) is 5.78 Å². The molecule has 31 heavy (non-hydrogen) atoms. The molecule has 0 amide bonds. The third-order valence-corrected chi connectivity index (χ3v) is 4.96. The van der Waals surface area contributed by atoms with E-state index in [-0.39, 0.29) is 11.7 Å². The number of benzene rings is 2. The van der Waals surface area contributed by atoms with Gasteiger partial charge in [0, 0.05) is 18.7 Å². The molecule has 0 N–H and O–H groups in total. The van der Waals surface area contributed by atoms with Crippen molar-refractivity contribution in [1.82, 2.24) is 19.2 Å². The van der Waals surface area contributed by atoms with Gasteiger partial charge in [0.15, 0.2) is 5.82 Å². The molecule has 0 aliphatic carbocycles. The maximum atomic E-state index is 13.1. The molecule has 6 nitrogen and oxygen atoms in total. The van der Waals surface area contributed by atoms with Gasteiger partial charge in [0.05, 0.1) is 22.6 Å². The molecular weight excluding hydrogens is 409 g/mol. The molecule has 9 heteroatoms. The smallest absolute Gasteiger partial charge is 0.379 e. The number of halogens is 3. The first-order valence-corrected chi connectivity index (χ1v) is 9.93. The van der Waals surface area contributed by atoms with Crippen LogP contribution in [-0.4, -0.2) is 31.9 Å². The zero-order valence-corrected chi connectivity index (χ0v) is 17.1. The van der Waals surface area contributed by atoms with Crippen molar-refractivity contribution in [3.8, 4) is 11.4 Å². The average Bonchev–Trinajstić information content (AvgIpc) is 3.17. The minimum absolute atomic E-state index is 0.0905. The molecule has 0 radical (unpaired) electrons. The van der Waals surface area contributed by atoms with E-state index in [1.807, 2.05) is 13.8 Å². The van der Waals surface area contributed by atoms with Crippen molar-refractivity contribution in [2.24, 2.45) is 0 Å². The molecule has 162 valence electrons. The summed E-state index contributed by atoms with van der Waals surface area (Å²) in [4.78, 5) is 13.1. The van der Waals surface area contributed by atoms with Crippen molar-refractivity contribution < 1.29 is 17.9 Å². The molecule has 4 rings (SSSR count). The number of fused-ring (bicyclic) bond motifs is 3. The number of nitrogens with zero attached hydrogens (tertiary/aromatic N) is 4. The lowest BCUT2D eigenvalue weighted by atomic mass is 10.1. The Kier molecular flexibility index (Phi) is 5.53. The van der Waals surface area contributed by atoms with Crippen molar-refractivity contribution in [2.75, 3.05) is 6.61 Å². The van der Waals surface area contributed by atoms with Crippen LogP contribution in [0.15, 0.2) is 53.3 Å². The Morgan fingerprint density at radius 1 is 1.03 bits per heavy atom. The Morgan fingerprint density at radius 2 is 1.74 bits per heavy atom. The first-order valence-electron chi connectivity index (χ1n) is 9.93. The Bertz CT molecular complexity index is 1270. The fourth-order valence-electron chi connectivity index (χ4n) is 3.50. The summed E-state index contributed by atoms with van der Waals surface area (Å²) < 4.78 is 47.6. The highest BCUT2D eigenvalue weighted by Crippen LogP contribution is 2.31. The Hall–Kier alpha value is -3.20. The summed E-state index contributed by atoms with van der Waals surface area (Å²) in [6.45, 7) is 4.75. The summed E-state index contributed by atoms with van der Waals surface area (Å²) in [6.07, 6.45) is -3.72. The number of aryl methyl sites for hydroxylation is 1. The highest BCUT2D eigenvalue weighted by Gasteiger charge is 2.30. The van der Waals surface area contributed by atoms with Crippen LogP contribution in [0.5, 0.6) is 0 Å². The predicted molar refractivity (Wildman–Crippen MR) is 111 cm³/mol. The van der Waals surface area contributed by atoms with Gasteiger partial charge in [-0.15, -0.1) is 10.2 Å². The van der Waals surface area contributed by atoms with Gasteiger partial charge < -0.3 is 4.74 Å². The molecule has 2 aromatic heterocycles. The number of alkyl halides is 3. The van der Waals surface area contributed by atoms with E-state index in [9.17, 15) is 18.0 Å². The molecule has 0 fully saturated rings. The lowest BCUT2D eigenvalue weighted by Crippen LogP contribution is -2.24. The second-order valence-corrected chi connectivity index (χ2v) is 7.48. The zero-order valence-electron chi connectivity index (χ0n) is 17.1. The van der Waals surface area contributed by atoms with Crippen molar-refractivity contribution >= 4 is 16.7 Å². The molecule has 4 aromatic rings. The molecule has 0 spiro atoms. The van der Waals surface area contributed by atoms with Gasteiger partial charge in [-0.3, -0.25) is 13.8 Å². The quantitative estimate of drug-likeness (QED) is 0.421. The van der Waals surface area contributed by atoms with Gasteiger partial charge in [-0.25, -0.2) is 0 Å². The molecular formula is C22H21F3N4O2. The molecule has 2 aromatic carbocycles. The largest absolute Gasteiger partial charge is 0.416 e. The van der Waals surface area contributed by atoms with Gasteiger partial charge in [0.25, 0.3) is 5.56 Å². The summed E-state index contributed by atoms with van der Waals surface area (Å²) >= 11 is 0. The Balaban J connectivity index is 1.84. The number of hydrogen-bond donors (Lipinski definition) is 0. The maximum Gasteiger partial charge on any atom is 0.416 e. The average molecular weight is 430 g/mol.